The number of benzene rings is 1. The Hall–Kier alpha value is -2.01. The summed E-state index contributed by atoms with van der Waals surface area (Å²) < 4.78 is 19.3. The Morgan fingerprint density at radius 1 is 1.36 bits per heavy atom. The van der Waals surface area contributed by atoms with Gasteiger partial charge in [-0.2, -0.15) is 0 Å². The molecule has 0 aliphatic carbocycles. The van der Waals surface area contributed by atoms with Crippen LogP contribution in [-0.4, -0.2) is 35.1 Å². The van der Waals surface area contributed by atoms with E-state index in [9.17, 15) is 4.39 Å². The zero-order valence-electron chi connectivity index (χ0n) is 12.9. The molecule has 22 heavy (non-hydrogen) atoms. The third-order valence-corrected chi connectivity index (χ3v) is 4.13. The number of hydrogen-bond acceptors (Lipinski definition) is 4. The third kappa shape index (κ3) is 3.09. The summed E-state index contributed by atoms with van der Waals surface area (Å²) in [5, 5.41) is 0. The zero-order valence-corrected chi connectivity index (χ0v) is 12.9. The van der Waals surface area contributed by atoms with Gasteiger partial charge in [0.15, 0.2) is 0 Å². The molecule has 0 unspecified atom stereocenters. The molecule has 2 heterocycles. The monoisotopic (exact) mass is 301 g/mol. The molecule has 1 aromatic carbocycles. The molecule has 0 bridgehead atoms. The summed E-state index contributed by atoms with van der Waals surface area (Å²) in [7, 11) is 1.58. The minimum atomic E-state index is -0.213. The molecule has 1 aliphatic heterocycles. The van der Waals surface area contributed by atoms with E-state index in [0.717, 1.165) is 31.0 Å². The highest BCUT2D eigenvalue weighted by Crippen LogP contribution is 2.29. The number of aryl methyl sites for hydroxylation is 1. The molecule has 2 aromatic rings. The fourth-order valence-electron chi connectivity index (χ4n) is 2.96. The first-order valence-electron chi connectivity index (χ1n) is 7.50. The molecule has 0 N–H and O–H groups in total. The van der Waals surface area contributed by atoms with Gasteiger partial charge in [0.25, 0.3) is 0 Å². The van der Waals surface area contributed by atoms with E-state index in [1.165, 1.54) is 6.07 Å². The van der Waals surface area contributed by atoms with Crippen molar-refractivity contribution in [3.8, 4) is 5.75 Å². The van der Waals surface area contributed by atoms with Crippen molar-refractivity contribution in [3.63, 3.8) is 0 Å². The van der Waals surface area contributed by atoms with Crippen LogP contribution < -0.4 is 4.74 Å². The van der Waals surface area contributed by atoms with Crippen LogP contribution in [0.5, 0.6) is 5.75 Å². The minimum absolute atomic E-state index is 0.213. The summed E-state index contributed by atoms with van der Waals surface area (Å²) >= 11 is 0. The topological polar surface area (TPSA) is 38.2 Å². The van der Waals surface area contributed by atoms with E-state index in [2.05, 4.69) is 14.9 Å². The Morgan fingerprint density at radius 3 is 3.00 bits per heavy atom. The molecule has 5 heteroatoms. The fraction of sp³-hybridized carbons (Fsp3) is 0.412. The average Bonchev–Trinajstić information content (AvgIpc) is 2.98. The number of hydrogen-bond donors (Lipinski definition) is 0. The minimum Gasteiger partial charge on any atom is -0.496 e. The summed E-state index contributed by atoms with van der Waals surface area (Å²) in [4.78, 5) is 11.1. The Balaban J connectivity index is 1.71. The van der Waals surface area contributed by atoms with E-state index in [1.54, 1.807) is 25.4 Å². The highest BCUT2D eigenvalue weighted by molar-refractivity contribution is 5.34. The van der Waals surface area contributed by atoms with Crippen molar-refractivity contribution in [2.45, 2.75) is 25.8 Å². The molecule has 1 saturated heterocycles. The molecular formula is C17H20FN3O. The van der Waals surface area contributed by atoms with Crippen LogP contribution in [0.25, 0.3) is 0 Å². The van der Waals surface area contributed by atoms with Gasteiger partial charge in [0.05, 0.1) is 7.11 Å². The molecule has 3 rings (SSSR count). The zero-order chi connectivity index (χ0) is 15.5. The molecule has 0 radical (unpaired) electrons. The van der Waals surface area contributed by atoms with Gasteiger partial charge < -0.3 is 4.74 Å². The van der Waals surface area contributed by atoms with Gasteiger partial charge in [0.2, 0.25) is 0 Å². The van der Waals surface area contributed by atoms with E-state index in [-0.39, 0.29) is 5.82 Å². The lowest BCUT2D eigenvalue weighted by molar-refractivity contribution is 0.309. The Labute approximate surface area is 130 Å². The van der Waals surface area contributed by atoms with Gasteiger partial charge >= 0.3 is 0 Å². The van der Waals surface area contributed by atoms with Crippen molar-refractivity contribution in [2.24, 2.45) is 0 Å². The molecule has 1 fully saturated rings. The highest BCUT2D eigenvalue weighted by Gasteiger charge is 2.27. The lowest BCUT2D eigenvalue weighted by Crippen LogP contribution is -2.21. The third-order valence-electron chi connectivity index (χ3n) is 4.13. The number of aromatic nitrogens is 2. The fourth-order valence-corrected chi connectivity index (χ4v) is 2.96. The van der Waals surface area contributed by atoms with Gasteiger partial charge in [-0.25, -0.2) is 14.4 Å². The molecule has 4 nitrogen and oxygen atoms in total. The second kappa shape index (κ2) is 6.40. The SMILES string of the molecule is COc1cccc(F)c1CN1CC[C@@H](c2nccc(C)n2)C1. The normalized spacial score (nSPS) is 18.6. The number of methoxy groups -OCH3 is 1. The van der Waals surface area contributed by atoms with Crippen LogP contribution in [0.2, 0.25) is 0 Å². The highest BCUT2D eigenvalue weighted by atomic mass is 19.1. The standard InChI is InChI=1S/C17H20FN3O/c1-12-6-8-19-17(20-12)13-7-9-21(10-13)11-14-15(18)4-3-5-16(14)22-2/h3-6,8,13H,7,9-11H2,1-2H3/t13-/m1/s1. The van der Waals surface area contributed by atoms with Crippen LogP contribution in [0.4, 0.5) is 4.39 Å². The van der Waals surface area contributed by atoms with E-state index >= 15 is 0 Å². The number of rotatable bonds is 4. The van der Waals surface area contributed by atoms with Crippen LogP contribution in [0.3, 0.4) is 0 Å². The molecule has 0 amide bonds. The predicted molar refractivity (Wildman–Crippen MR) is 82.4 cm³/mol. The van der Waals surface area contributed by atoms with E-state index in [1.807, 2.05) is 13.0 Å². The number of nitrogens with zero attached hydrogens (tertiary/aromatic N) is 3. The largest absolute Gasteiger partial charge is 0.496 e. The first kappa shape index (κ1) is 14.9. The first-order chi connectivity index (χ1) is 10.7. The van der Waals surface area contributed by atoms with Gasteiger partial charge in [0, 0.05) is 36.5 Å². The second-order valence-corrected chi connectivity index (χ2v) is 5.70. The smallest absolute Gasteiger partial charge is 0.132 e. The molecule has 116 valence electrons. The quantitative estimate of drug-likeness (QED) is 0.870. The molecule has 1 aromatic heterocycles. The van der Waals surface area contributed by atoms with Crippen molar-refractivity contribution in [2.75, 3.05) is 20.2 Å². The van der Waals surface area contributed by atoms with Crippen molar-refractivity contribution in [1.29, 1.82) is 0 Å². The van der Waals surface area contributed by atoms with Gasteiger partial charge in [-0.1, -0.05) is 6.07 Å². The van der Waals surface area contributed by atoms with Crippen molar-refractivity contribution < 1.29 is 9.13 Å². The maximum Gasteiger partial charge on any atom is 0.132 e. The van der Waals surface area contributed by atoms with E-state index < -0.39 is 0 Å². The van der Waals surface area contributed by atoms with Gasteiger partial charge in [-0.3, -0.25) is 4.90 Å². The molecular weight excluding hydrogens is 281 g/mol. The molecule has 1 atom stereocenters. The molecule has 0 spiro atoms. The maximum absolute atomic E-state index is 14.0. The maximum atomic E-state index is 14.0. The summed E-state index contributed by atoms with van der Waals surface area (Å²) in [6.45, 7) is 4.29. The van der Waals surface area contributed by atoms with Crippen molar-refractivity contribution in [1.82, 2.24) is 14.9 Å². The second-order valence-electron chi connectivity index (χ2n) is 5.70. The van der Waals surface area contributed by atoms with Crippen LogP contribution in [0.1, 0.15) is 29.4 Å². The van der Waals surface area contributed by atoms with E-state index in [0.29, 0.717) is 23.8 Å². The van der Waals surface area contributed by atoms with Gasteiger partial charge in [-0.15, -0.1) is 0 Å². The lowest BCUT2D eigenvalue weighted by Gasteiger charge is -2.18. The van der Waals surface area contributed by atoms with Crippen LogP contribution in [0, 0.1) is 12.7 Å². The van der Waals surface area contributed by atoms with Gasteiger partial charge in [-0.05, 0) is 38.1 Å². The number of halogens is 1. The van der Waals surface area contributed by atoms with Crippen LogP contribution >= 0.6 is 0 Å². The Morgan fingerprint density at radius 2 is 2.23 bits per heavy atom. The molecule has 0 saturated carbocycles. The van der Waals surface area contributed by atoms with Crippen molar-refractivity contribution in [3.05, 3.63) is 53.4 Å². The summed E-state index contributed by atoms with van der Waals surface area (Å²) in [6, 6.07) is 6.86. The van der Waals surface area contributed by atoms with Gasteiger partial charge in [0.1, 0.15) is 17.4 Å². The van der Waals surface area contributed by atoms with Crippen molar-refractivity contribution >= 4 is 0 Å². The lowest BCUT2D eigenvalue weighted by atomic mass is 10.1. The summed E-state index contributed by atoms with van der Waals surface area (Å²) in [6.07, 6.45) is 2.81. The molecule has 1 aliphatic rings. The van der Waals surface area contributed by atoms with Crippen LogP contribution in [0.15, 0.2) is 30.5 Å². The Kier molecular flexibility index (Phi) is 4.34. The predicted octanol–water partition coefficient (Wildman–Crippen LogP) is 2.92. The number of ether oxygens (including phenoxy) is 1. The summed E-state index contributed by atoms with van der Waals surface area (Å²) in [5.41, 5.74) is 1.61. The average molecular weight is 301 g/mol. The number of likely N-dealkylation sites (tertiary alicyclic amines) is 1. The van der Waals surface area contributed by atoms with Crippen LogP contribution in [-0.2, 0) is 6.54 Å². The first-order valence-corrected chi connectivity index (χ1v) is 7.50. The Bertz CT molecular complexity index is 662. The summed E-state index contributed by atoms with van der Waals surface area (Å²) in [5.74, 6) is 1.60. The van der Waals surface area contributed by atoms with E-state index in [4.69, 9.17) is 4.74 Å².